The number of nitrogens with zero attached hydrogens (tertiary/aromatic N) is 4. The first-order valence-electron chi connectivity index (χ1n) is 6.43. The second kappa shape index (κ2) is 9.14. The summed E-state index contributed by atoms with van der Waals surface area (Å²) in [7, 11) is 3.31. The van der Waals surface area contributed by atoms with Crippen molar-refractivity contribution in [1.82, 2.24) is 19.1 Å². The molecule has 0 aliphatic carbocycles. The minimum absolute atomic E-state index is 0. The molecule has 1 unspecified atom stereocenters. The van der Waals surface area contributed by atoms with Crippen LogP contribution in [0.3, 0.4) is 0 Å². The Balaban J connectivity index is 0.00000264. The van der Waals surface area contributed by atoms with E-state index in [0.717, 1.165) is 17.9 Å². The van der Waals surface area contributed by atoms with Crippen LogP contribution in [0.25, 0.3) is 5.69 Å². The molecule has 23 heavy (non-hydrogen) atoms. The van der Waals surface area contributed by atoms with E-state index in [1.165, 1.54) is 0 Å². The highest BCUT2D eigenvalue weighted by atomic mass is 35.5. The van der Waals surface area contributed by atoms with Gasteiger partial charge in [-0.3, -0.25) is 9.78 Å². The highest BCUT2D eigenvalue weighted by Crippen LogP contribution is 2.22. The Morgan fingerprint density at radius 2 is 2.30 bits per heavy atom. The average molecular weight is 376 g/mol. The predicted molar refractivity (Wildman–Crippen MR) is 97.2 cm³/mol. The number of carbonyl (C=O) groups excluding carboxylic acids is 1. The summed E-state index contributed by atoms with van der Waals surface area (Å²) in [5, 5.41) is 7.13. The molecule has 0 saturated carbocycles. The topological polar surface area (TPSA) is 72.3 Å². The molecular formula is C13H18ClN5O2S2. The summed E-state index contributed by atoms with van der Waals surface area (Å²) in [6, 6.07) is 3.23. The Morgan fingerprint density at radius 3 is 2.91 bits per heavy atom. The molecule has 2 aromatic rings. The molecule has 1 atom stereocenters. The number of likely N-dealkylation sites (N-methyl/N-ethyl adjacent to an activating group) is 1. The van der Waals surface area contributed by atoms with Crippen LogP contribution in [0.1, 0.15) is 6.92 Å². The van der Waals surface area contributed by atoms with Crippen molar-refractivity contribution in [3.8, 4) is 5.69 Å². The smallest absolute Gasteiger partial charge is 0.242 e. The van der Waals surface area contributed by atoms with Gasteiger partial charge in [-0.15, -0.1) is 0 Å². The predicted octanol–water partition coefficient (Wildman–Crippen LogP) is 2.50. The first kappa shape index (κ1) is 19.8. The second-order valence-electron chi connectivity index (χ2n) is 4.44. The van der Waals surface area contributed by atoms with Gasteiger partial charge in [0.1, 0.15) is 0 Å². The monoisotopic (exact) mass is 375 g/mol. The lowest BCUT2D eigenvalue weighted by Crippen LogP contribution is -2.35. The van der Waals surface area contributed by atoms with Crippen LogP contribution in [0, 0.1) is 0 Å². The van der Waals surface area contributed by atoms with Crippen LogP contribution in [0.4, 0.5) is 5.69 Å². The lowest BCUT2D eigenvalue weighted by Gasteiger charge is -2.20. The van der Waals surface area contributed by atoms with Gasteiger partial charge < -0.3 is 9.50 Å². The molecule has 126 valence electrons. The molecule has 10 heteroatoms. The molecule has 0 bridgehead atoms. The standard InChI is InChI=1S/C13H16ClN5O2S.H2S/c1-9(18(2)22-21-3)13(20)16-11-8-19(17-12(11)14)10-5-4-6-15-7-10;/h4-9H,1-3H3,(H,16,20);1H2. The van der Waals surface area contributed by atoms with E-state index in [-0.39, 0.29) is 24.6 Å². The quantitative estimate of drug-likeness (QED) is 0.617. The van der Waals surface area contributed by atoms with E-state index < -0.39 is 6.04 Å². The van der Waals surface area contributed by atoms with Gasteiger partial charge in [-0.1, -0.05) is 11.6 Å². The van der Waals surface area contributed by atoms with Crippen LogP contribution < -0.4 is 5.32 Å². The summed E-state index contributed by atoms with van der Waals surface area (Å²) in [5.41, 5.74) is 1.20. The first-order chi connectivity index (χ1) is 10.5. The maximum Gasteiger partial charge on any atom is 0.242 e. The zero-order valence-electron chi connectivity index (χ0n) is 12.9. The number of aromatic nitrogens is 3. The van der Waals surface area contributed by atoms with Crippen molar-refractivity contribution >= 4 is 48.9 Å². The number of carbonyl (C=O) groups is 1. The van der Waals surface area contributed by atoms with Gasteiger partial charge in [0.25, 0.3) is 0 Å². The number of hydrogen-bond donors (Lipinski definition) is 1. The number of rotatable bonds is 6. The van der Waals surface area contributed by atoms with E-state index in [2.05, 4.69) is 15.4 Å². The SMILES string of the molecule is COSN(C)C(C)C(=O)Nc1cn(-c2cccnc2)nc1Cl.S. The minimum atomic E-state index is -0.400. The third-order valence-corrected chi connectivity index (χ3v) is 3.93. The van der Waals surface area contributed by atoms with Crippen LogP contribution in [0.5, 0.6) is 0 Å². The highest BCUT2D eigenvalue weighted by molar-refractivity contribution is 7.92. The van der Waals surface area contributed by atoms with Gasteiger partial charge in [-0.05, 0) is 19.1 Å². The number of amides is 1. The van der Waals surface area contributed by atoms with Crippen LogP contribution in [0.2, 0.25) is 5.15 Å². The Labute approximate surface area is 151 Å². The molecular weight excluding hydrogens is 358 g/mol. The van der Waals surface area contributed by atoms with Crippen molar-refractivity contribution in [2.75, 3.05) is 19.5 Å². The fourth-order valence-electron chi connectivity index (χ4n) is 1.64. The normalized spacial score (nSPS) is 11.9. The number of anilines is 1. The first-order valence-corrected chi connectivity index (χ1v) is 7.50. The summed E-state index contributed by atoms with van der Waals surface area (Å²) < 4.78 is 8.17. The van der Waals surface area contributed by atoms with Gasteiger partial charge in [0.15, 0.2) is 5.15 Å². The number of halogens is 1. The fraction of sp³-hybridized carbons (Fsp3) is 0.308. The molecule has 7 nitrogen and oxygen atoms in total. The van der Waals surface area contributed by atoms with Crippen molar-refractivity contribution in [2.45, 2.75) is 13.0 Å². The van der Waals surface area contributed by atoms with E-state index >= 15 is 0 Å². The van der Waals surface area contributed by atoms with Crippen LogP contribution in [0.15, 0.2) is 30.7 Å². The van der Waals surface area contributed by atoms with Crippen LogP contribution in [-0.4, -0.2) is 45.2 Å². The molecule has 2 heterocycles. The Kier molecular flexibility index (Phi) is 7.86. The Hall–Kier alpha value is -1.26. The van der Waals surface area contributed by atoms with E-state index in [4.69, 9.17) is 15.8 Å². The molecule has 0 fully saturated rings. The Bertz CT molecular complexity index is 641. The summed E-state index contributed by atoms with van der Waals surface area (Å²) in [6.45, 7) is 1.76. The molecule has 0 spiro atoms. The molecule has 0 aliphatic heterocycles. The molecule has 0 saturated heterocycles. The molecule has 2 aromatic heterocycles. The lowest BCUT2D eigenvalue weighted by molar-refractivity contribution is -0.118. The Morgan fingerprint density at radius 1 is 1.57 bits per heavy atom. The third-order valence-electron chi connectivity index (χ3n) is 2.95. The molecule has 1 amide bonds. The highest BCUT2D eigenvalue weighted by Gasteiger charge is 2.21. The molecule has 0 aliphatic rings. The van der Waals surface area contributed by atoms with Crippen molar-refractivity contribution in [2.24, 2.45) is 0 Å². The maximum absolute atomic E-state index is 12.2. The van der Waals surface area contributed by atoms with E-state index in [9.17, 15) is 4.79 Å². The van der Waals surface area contributed by atoms with Gasteiger partial charge in [-0.2, -0.15) is 18.6 Å². The number of nitrogens with one attached hydrogen (secondary N) is 1. The van der Waals surface area contributed by atoms with Gasteiger partial charge in [0, 0.05) is 13.2 Å². The molecule has 0 radical (unpaired) electrons. The molecule has 1 N–H and O–H groups in total. The van der Waals surface area contributed by atoms with Crippen LogP contribution >= 0.6 is 37.3 Å². The molecule has 2 rings (SSSR count). The molecule has 0 aromatic carbocycles. The summed E-state index contributed by atoms with van der Waals surface area (Å²) in [4.78, 5) is 16.2. The third kappa shape index (κ3) is 5.11. The van der Waals surface area contributed by atoms with E-state index in [1.807, 2.05) is 6.07 Å². The maximum atomic E-state index is 12.2. The van der Waals surface area contributed by atoms with Crippen LogP contribution in [-0.2, 0) is 8.98 Å². The second-order valence-corrected chi connectivity index (χ2v) is 5.86. The van der Waals surface area contributed by atoms with E-state index in [0.29, 0.717) is 5.69 Å². The summed E-state index contributed by atoms with van der Waals surface area (Å²) >= 11 is 7.17. The lowest BCUT2D eigenvalue weighted by atomic mass is 10.3. The van der Waals surface area contributed by atoms with Crippen molar-refractivity contribution in [3.05, 3.63) is 35.9 Å². The minimum Gasteiger partial charge on any atom is -0.321 e. The van der Waals surface area contributed by atoms with Crippen molar-refractivity contribution < 1.29 is 8.98 Å². The van der Waals surface area contributed by atoms with Gasteiger partial charge in [0.2, 0.25) is 5.91 Å². The fourth-order valence-corrected chi connectivity index (χ4v) is 2.28. The van der Waals surface area contributed by atoms with Gasteiger partial charge in [-0.25, -0.2) is 8.99 Å². The average Bonchev–Trinajstić information content (AvgIpc) is 2.88. The number of pyridine rings is 1. The van der Waals surface area contributed by atoms with Gasteiger partial charge in [0.05, 0.1) is 49.1 Å². The van der Waals surface area contributed by atoms with E-state index in [1.54, 1.807) is 54.7 Å². The summed E-state index contributed by atoms with van der Waals surface area (Å²) in [6.07, 6.45) is 4.97. The van der Waals surface area contributed by atoms with Crippen molar-refractivity contribution in [3.63, 3.8) is 0 Å². The largest absolute Gasteiger partial charge is 0.321 e. The number of hydrogen-bond acceptors (Lipinski definition) is 6. The summed E-state index contributed by atoms with van der Waals surface area (Å²) in [5.74, 6) is -0.209. The van der Waals surface area contributed by atoms with Gasteiger partial charge >= 0.3 is 0 Å². The zero-order chi connectivity index (χ0) is 16.1. The zero-order valence-corrected chi connectivity index (χ0v) is 15.4. The van der Waals surface area contributed by atoms with Crippen molar-refractivity contribution in [1.29, 1.82) is 0 Å².